The highest BCUT2D eigenvalue weighted by Gasteiger charge is 2.66. The molecule has 2 bridgehead atoms. The van der Waals surface area contributed by atoms with Crippen LogP contribution in [0.2, 0.25) is 0 Å². The summed E-state index contributed by atoms with van der Waals surface area (Å²) in [6.07, 6.45) is 1.65. The zero-order valence-corrected chi connectivity index (χ0v) is 21.8. The third-order valence-electron chi connectivity index (χ3n) is 9.40. The average molecular weight is 542 g/mol. The molecular weight excluding hydrogens is 509 g/mol. The standard InChI is InChI=1S/C30H31F3N2O4/c1-3-15-35(2)16-14-29-20-10-7-11-23(29)38-26-21(13-12-19(24(26)29)17-22(20)35)34-28(37)27(39-30(31,32)33)25(36)18-8-5-4-6-9-18/h3-6,8-9,12-13,20,22-23H,1,7,10-11,14-17H2,2H3,(H-,34,36,37)/p+1/t20-,22+,23-,29+,35?/m0/s1. The van der Waals surface area contributed by atoms with E-state index in [0.717, 1.165) is 55.2 Å². The second kappa shape index (κ2) is 9.05. The van der Waals surface area contributed by atoms with Crippen molar-refractivity contribution in [1.29, 1.82) is 0 Å². The van der Waals surface area contributed by atoms with Crippen molar-refractivity contribution < 1.29 is 37.0 Å². The van der Waals surface area contributed by atoms with E-state index in [1.807, 2.05) is 12.1 Å². The van der Waals surface area contributed by atoms with Crippen LogP contribution in [-0.4, -0.2) is 54.1 Å². The summed E-state index contributed by atoms with van der Waals surface area (Å²) in [4.78, 5) is 13.2. The van der Waals surface area contributed by atoms with E-state index in [-0.39, 0.29) is 22.8 Å². The van der Waals surface area contributed by atoms with Gasteiger partial charge >= 0.3 is 6.36 Å². The fourth-order valence-corrected chi connectivity index (χ4v) is 7.84. The van der Waals surface area contributed by atoms with Crippen molar-refractivity contribution >= 4 is 17.4 Å². The lowest BCUT2D eigenvalue weighted by atomic mass is 9.51. The largest absolute Gasteiger partial charge is 0.573 e. The predicted molar refractivity (Wildman–Crippen MR) is 140 cm³/mol. The molecular formula is C30H32F3N2O4+. The predicted octanol–water partition coefficient (Wildman–Crippen LogP) is 5.85. The zero-order valence-electron chi connectivity index (χ0n) is 21.8. The highest BCUT2D eigenvalue weighted by atomic mass is 19.4. The summed E-state index contributed by atoms with van der Waals surface area (Å²) in [5, 5.41) is 13.2. The van der Waals surface area contributed by atoms with E-state index in [4.69, 9.17) is 4.74 Å². The van der Waals surface area contributed by atoms with Gasteiger partial charge in [-0.25, -0.2) is 0 Å². The summed E-state index contributed by atoms with van der Waals surface area (Å²) in [5.41, 5.74) is 2.43. The number of hydrogen-bond donors (Lipinski definition) is 2. The molecule has 206 valence electrons. The molecule has 2 fully saturated rings. The first kappa shape index (κ1) is 25.8. The molecule has 2 aromatic carbocycles. The van der Waals surface area contributed by atoms with Gasteiger partial charge in [-0.3, -0.25) is 4.79 Å². The Morgan fingerprint density at radius 3 is 2.74 bits per heavy atom. The molecule has 0 radical (unpaired) electrons. The summed E-state index contributed by atoms with van der Waals surface area (Å²) in [6.45, 7) is 5.89. The van der Waals surface area contributed by atoms with Gasteiger partial charge in [0.25, 0.3) is 5.91 Å². The Hall–Kier alpha value is -3.46. The Labute approximate surface area is 225 Å². The second-order valence-corrected chi connectivity index (χ2v) is 11.4. The summed E-state index contributed by atoms with van der Waals surface area (Å²) >= 11 is 0. The van der Waals surface area contributed by atoms with E-state index in [0.29, 0.717) is 17.7 Å². The number of likely N-dealkylation sites (N-methyl/N-ethyl adjacent to an activating group) is 1. The molecule has 2 aliphatic carbocycles. The number of nitrogens with zero attached hydrogens (tertiary/aromatic N) is 1. The number of piperidine rings is 1. The zero-order chi connectivity index (χ0) is 27.6. The maximum absolute atomic E-state index is 13.3. The number of alkyl halides is 3. The number of nitrogens with one attached hydrogen (secondary N) is 1. The number of rotatable bonds is 6. The van der Waals surface area contributed by atoms with Gasteiger partial charge in [-0.15, -0.1) is 13.2 Å². The molecule has 5 atom stereocenters. The quantitative estimate of drug-likeness (QED) is 0.209. The number of amides is 1. The Bertz CT molecular complexity index is 1360. The molecule has 2 aliphatic heterocycles. The minimum absolute atomic E-state index is 0.0276. The van der Waals surface area contributed by atoms with Gasteiger partial charge in [0.1, 0.15) is 11.9 Å². The molecule has 2 aromatic rings. The van der Waals surface area contributed by atoms with E-state index < -0.39 is 23.8 Å². The number of ether oxygens (including phenoxy) is 2. The first-order chi connectivity index (χ1) is 18.6. The summed E-state index contributed by atoms with van der Waals surface area (Å²) in [6, 6.07) is 11.6. The molecule has 39 heavy (non-hydrogen) atoms. The second-order valence-electron chi connectivity index (χ2n) is 11.4. The summed E-state index contributed by atoms with van der Waals surface area (Å²) in [5.74, 6) is -2.37. The molecule has 4 aliphatic rings. The van der Waals surface area contributed by atoms with Gasteiger partial charge in [0.2, 0.25) is 5.76 Å². The fraction of sp³-hybridized carbons (Fsp3) is 0.433. The lowest BCUT2D eigenvalue weighted by Crippen LogP contribution is -2.70. The number of benzene rings is 2. The molecule has 0 aromatic heterocycles. The molecule has 2 heterocycles. The van der Waals surface area contributed by atoms with Crippen molar-refractivity contribution in [3.05, 3.63) is 77.6 Å². The van der Waals surface area contributed by atoms with Crippen LogP contribution in [-0.2, 0) is 21.4 Å². The molecule has 1 amide bonds. The first-order valence-electron chi connectivity index (χ1n) is 13.4. The van der Waals surface area contributed by atoms with Crippen molar-refractivity contribution in [2.45, 2.75) is 56.0 Å². The van der Waals surface area contributed by atoms with E-state index >= 15 is 0 Å². The maximum atomic E-state index is 13.3. The van der Waals surface area contributed by atoms with Crippen molar-refractivity contribution in [3.63, 3.8) is 0 Å². The van der Waals surface area contributed by atoms with Gasteiger partial charge < -0.3 is 24.4 Å². The number of aliphatic hydroxyl groups is 1. The van der Waals surface area contributed by atoms with Gasteiger partial charge in [-0.1, -0.05) is 43.0 Å². The number of hydrogen-bond acceptors (Lipinski definition) is 4. The van der Waals surface area contributed by atoms with Crippen LogP contribution in [0.1, 0.15) is 42.4 Å². The van der Waals surface area contributed by atoms with Gasteiger partial charge in [-0.05, 0) is 37.0 Å². The van der Waals surface area contributed by atoms with E-state index in [1.54, 1.807) is 24.3 Å². The Morgan fingerprint density at radius 1 is 1.26 bits per heavy atom. The first-order valence-corrected chi connectivity index (χ1v) is 13.4. The number of aliphatic hydroxyl groups excluding tert-OH is 1. The molecule has 1 unspecified atom stereocenters. The topological polar surface area (TPSA) is 67.8 Å². The van der Waals surface area contributed by atoms with Crippen LogP contribution in [0.4, 0.5) is 18.9 Å². The number of anilines is 1. The van der Waals surface area contributed by atoms with Crippen molar-refractivity contribution in [2.75, 3.05) is 25.5 Å². The molecule has 6 rings (SSSR count). The third-order valence-corrected chi connectivity index (χ3v) is 9.40. The molecule has 2 N–H and O–H groups in total. The average Bonchev–Trinajstić information content (AvgIpc) is 3.25. The number of carbonyl (C=O) groups is 1. The van der Waals surface area contributed by atoms with Crippen molar-refractivity contribution in [3.8, 4) is 5.75 Å². The Morgan fingerprint density at radius 2 is 2.03 bits per heavy atom. The fourth-order valence-electron chi connectivity index (χ4n) is 7.84. The van der Waals surface area contributed by atoms with Crippen LogP contribution in [0, 0.1) is 5.92 Å². The van der Waals surface area contributed by atoms with E-state index in [1.165, 1.54) is 17.7 Å². The van der Waals surface area contributed by atoms with Crippen LogP contribution >= 0.6 is 0 Å². The van der Waals surface area contributed by atoms with E-state index in [9.17, 15) is 23.1 Å². The smallest absolute Gasteiger partial charge is 0.504 e. The van der Waals surface area contributed by atoms with Crippen LogP contribution in [0.5, 0.6) is 5.75 Å². The van der Waals surface area contributed by atoms with E-state index in [2.05, 4.69) is 23.7 Å². The van der Waals surface area contributed by atoms with Crippen LogP contribution < -0.4 is 10.1 Å². The van der Waals surface area contributed by atoms with Crippen molar-refractivity contribution in [2.24, 2.45) is 5.92 Å². The van der Waals surface area contributed by atoms with Gasteiger partial charge in [-0.2, -0.15) is 0 Å². The van der Waals surface area contributed by atoms with Gasteiger partial charge in [0, 0.05) is 29.9 Å². The van der Waals surface area contributed by atoms with Gasteiger partial charge in [0.15, 0.2) is 5.76 Å². The molecule has 6 nitrogen and oxygen atoms in total. The van der Waals surface area contributed by atoms with Gasteiger partial charge in [0.05, 0.1) is 37.3 Å². The minimum Gasteiger partial charge on any atom is -0.504 e. The number of quaternary nitrogens is 1. The number of halogens is 3. The monoisotopic (exact) mass is 541 g/mol. The lowest BCUT2D eigenvalue weighted by molar-refractivity contribution is -0.940. The maximum Gasteiger partial charge on any atom is 0.573 e. The number of carbonyl (C=O) groups excluding carboxylic acids is 1. The van der Waals surface area contributed by atoms with Crippen LogP contribution in [0.15, 0.2) is 60.9 Å². The summed E-state index contributed by atoms with van der Waals surface area (Å²) < 4.78 is 51.4. The normalized spacial score (nSPS) is 30.9. The highest BCUT2D eigenvalue weighted by molar-refractivity contribution is 6.07. The van der Waals surface area contributed by atoms with Crippen LogP contribution in [0.3, 0.4) is 0 Å². The number of likely N-dealkylation sites (tertiary alicyclic amines) is 1. The molecule has 1 spiro atoms. The highest BCUT2D eigenvalue weighted by Crippen LogP contribution is 2.64. The molecule has 9 heteroatoms. The van der Waals surface area contributed by atoms with Crippen LogP contribution in [0.25, 0.3) is 5.76 Å². The summed E-state index contributed by atoms with van der Waals surface area (Å²) in [7, 11) is 2.31. The molecule has 1 saturated heterocycles. The Balaban J connectivity index is 1.40. The Kier molecular flexibility index (Phi) is 5.98. The third kappa shape index (κ3) is 4.01. The lowest BCUT2D eigenvalue weighted by Gasteiger charge is -2.60. The molecule has 1 saturated carbocycles. The minimum atomic E-state index is -5.17. The SMILES string of the molecule is C=CC[N+]1(C)CC[C@]23c4c5ccc(NC(=O)C(OC(F)(F)F)=C(O)c6ccccc6)c4O[C@H]2CCC[C@H]3[C@H]1C5. The van der Waals surface area contributed by atoms with Crippen molar-refractivity contribution in [1.82, 2.24) is 0 Å².